The third-order valence-corrected chi connectivity index (χ3v) is 2.16. The lowest BCUT2D eigenvalue weighted by atomic mass is 9.86. The molecule has 0 spiro atoms. The van der Waals surface area contributed by atoms with Crippen molar-refractivity contribution >= 4 is 0 Å². The second-order valence-electron chi connectivity index (χ2n) is 3.06. The summed E-state index contributed by atoms with van der Waals surface area (Å²) in [6, 6.07) is 0. The Morgan fingerprint density at radius 2 is 1.78 bits per heavy atom. The van der Waals surface area contributed by atoms with Crippen LogP contribution in [0, 0.1) is 5.92 Å². The lowest BCUT2D eigenvalue weighted by molar-refractivity contribution is 0.503. The van der Waals surface area contributed by atoms with Gasteiger partial charge in [0.15, 0.2) is 0 Å². The summed E-state index contributed by atoms with van der Waals surface area (Å²) < 4.78 is 0. The number of hydrogen-bond donors (Lipinski definition) is 0. The van der Waals surface area contributed by atoms with E-state index in [1.165, 1.54) is 44.9 Å². The van der Waals surface area contributed by atoms with Gasteiger partial charge in [-0.15, -0.1) is 0 Å². The molecule has 1 aliphatic carbocycles. The maximum absolute atomic E-state index is 2.28. The maximum Gasteiger partial charge on any atom is -0.0241 e. The summed E-state index contributed by atoms with van der Waals surface area (Å²) in [5.74, 6) is 1.84. The topological polar surface area (TPSA) is 0 Å². The van der Waals surface area contributed by atoms with Crippen LogP contribution in [0.3, 0.4) is 0 Å². The van der Waals surface area contributed by atoms with Crippen molar-refractivity contribution in [1.82, 2.24) is 0 Å². The second kappa shape index (κ2) is 3.92. The van der Waals surface area contributed by atoms with Gasteiger partial charge in [-0.25, -0.2) is 0 Å². The van der Waals surface area contributed by atoms with E-state index < -0.39 is 0 Å². The lowest BCUT2D eigenvalue weighted by Crippen LogP contribution is -2.02. The van der Waals surface area contributed by atoms with E-state index >= 15 is 0 Å². The minimum absolute atomic E-state index is 1.36. The minimum atomic E-state index is 1.36. The molecule has 1 fully saturated rings. The van der Waals surface area contributed by atoms with Gasteiger partial charge in [-0.2, -0.15) is 0 Å². The smallest absolute Gasteiger partial charge is 0.0241 e. The molecule has 0 nitrogen and oxygen atoms in total. The van der Waals surface area contributed by atoms with Crippen LogP contribution in [0.2, 0.25) is 0 Å². The fourth-order valence-electron chi connectivity index (χ4n) is 1.66. The molecule has 0 heterocycles. The highest BCUT2D eigenvalue weighted by molar-refractivity contribution is 4.91. The summed E-state index contributed by atoms with van der Waals surface area (Å²) in [5, 5.41) is 0. The number of hydrogen-bond acceptors (Lipinski definition) is 0. The van der Waals surface area contributed by atoms with Crippen molar-refractivity contribution in [3.8, 4) is 0 Å². The monoisotopic (exact) mass is 125 g/mol. The Balaban J connectivity index is 2.08. The van der Waals surface area contributed by atoms with E-state index in [9.17, 15) is 0 Å². The Hall–Kier alpha value is 0. The molecule has 9 heavy (non-hydrogen) atoms. The molecule has 0 saturated heterocycles. The Morgan fingerprint density at radius 3 is 2.33 bits per heavy atom. The van der Waals surface area contributed by atoms with Gasteiger partial charge < -0.3 is 0 Å². The first-order valence-electron chi connectivity index (χ1n) is 4.27. The molecule has 0 bridgehead atoms. The highest BCUT2D eigenvalue weighted by atomic mass is 14.2. The molecule has 1 rings (SSSR count). The van der Waals surface area contributed by atoms with Crippen LogP contribution in [0.4, 0.5) is 0 Å². The maximum atomic E-state index is 2.28. The Kier molecular flexibility index (Phi) is 3.10. The Bertz CT molecular complexity index is 57.7. The summed E-state index contributed by atoms with van der Waals surface area (Å²) >= 11 is 0. The highest BCUT2D eigenvalue weighted by Crippen LogP contribution is 2.28. The molecule has 0 unspecified atom stereocenters. The first-order chi connectivity index (χ1) is 4.43. The Labute approximate surface area is 58.7 Å². The van der Waals surface area contributed by atoms with Gasteiger partial charge in [0.2, 0.25) is 0 Å². The molecule has 0 aromatic heterocycles. The third-order valence-electron chi connectivity index (χ3n) is 2.16. The van der Waals surface area contributed by atoms with Gasteiger partial charge in [0.05, 0.1) is 0 Å². The van der Waals surface area contributed by atoms with Gasteiger partial charge in [-0.3, -0.25) is 0 Å². The van der Waals surface area contributed by atoms with Crippen LogP contribution in [0.1, 0.15) is 51.9 Å². The van der Waals surface area contributed by atoms with Gasteiger partial charge in [-0.1, -0.05) is 32.6 Å². The van der Waals surface area contributed by atoms with E-state index in [4.69, 9.17) is 0 Å². The fraction of sp³-hybridized carbons (Fsp3) is 0.889. The zero-order valence-corrected chi connectivity index (χ0v) is 6.45. The van der Waals surface area contributed by atoms with Gasteiger partial charge in [-0.05, 0) is 25.2 Å². The summed E-state index contributed by atoms with van der Waals surface area (Å²) in [5.41, 5.74) is 0. The standard InChI is InChI=1S/C9H17/c1-2-6-9-7-4-3-5-8-9/h2-8H2,1H3. The first-order valence-corrected chi connectivity index (χ1v) is 4.27. The van der Waals surface area contributed by atoms with Crippen molar-refractivity contribution in [3.05, 3.63) is 5.92 Å². The molecule has 0 aromatic carbocycles. The van der Waals surface area contributed by atoms with Crippen molar-refractivity contribution in [2.45, 2.75) is 51.9 Å². The molecular weight excluding hydrogens is 108 g/mol. The largest absolute Gasteiger partial charge is 0.0654 e. The average molecular weight is 125 g/mol. The molecular formula is C9H17. The van der Waals surface area contributed by atoms with Crippen LogP contribution >= 0.6 is 0 Å². The van der Waals surface area contributed by atoms with Gasteiger partial charge in [0, 0.05) is 0 Å². The van der Waals surface area contributed by atoms with Crippen molar-refractivity contribution in [2.24, 2.45) is 0 Å². The van der Waals surface area contributed by atoms with Crippen LogP contribution in [0.25, 0.3) is 0 Å². The van der Waals surface area contributed by atoms with E-state index in [1.54, 1.807) is 0 Å². The van der Waals surface area contributed by atoms with Crippen LogP contribution in [0.5, 0.6) is 0 Å². The van der Waals surface area contributed by atoms with E-state index in [0.29, 0.717) is 0 Å². The first kappa shape index (κ1) is 7.11. The lowest BCUT2D eigenvalue weighted by Gasteiger charge is -2.19. The van der Waals surface area contributed by atoms with E-state index in [2.05, 4.69) is 6.92 Å². The molecule has 1 aliphatic rings. The van der Waals surface area contributed by atoms with E-state index in [1.807, 2.05) is 5.92 Å². The molecule has 0 atom stereocenters. The van der Waals surface area contributed by atoms with Gasteiger partial charge >= 0.3 is 0 Å². The third kappa shape index (κ3) is 2.38. The molecule has 0 amide bonds. The quantitative estimate of drug-likeness (QED) is 0.531. The summed E-state index contributed by atoms with van der Waals surface area (Å²) in [7, 11) is 0. The Morgan fingerprint density at radius 1 is 1.11 bits per heavy atom. The van der Waals surface area contributed by atoms with Crippen molar-refractivity contribution in [2.75, 3.05) is 0 Å². The SMILES string of the molecule is CCC[C]1CCCCC1. The summed E-state index contributed by atoms with van der Waals surface area (Å²) in [4.78, 5) is 0. The average Bonchev–Trinajstić information content (AvgIpc) is 1.91. The molecule has 0 heteroatoms. The van der Waals surface area contributed by atoms with Crippen LogP contribution in [0.15, 0.2) is 0 Å². The minimum Gasteiger partial charge on any atom is -0.0654 e. The predicted molar refractivity (Wildman–Crippen MR) is 41.2 cm³/mol. The second-order valence-corrected chi connectivity index (χ2v) is 3.06. The summed E-state index contributed by atoms with van der Waals surface area (Å²) in [6.07, 6.45) is 10.1. The van der Waals surface area contributed by atoms with Gasteiger partial charge in [0.25, 0.3) is 0 Å². The fourth-order valence-corrected chi connectivity index (χ4v) is 1.66. The van der Waals surface area contributed by atoms with Crippen LogP contribution in [-0.4, -0.2) is 0 Å². The zero-order valence-electron chi connectivity index (χ0n) is 6.45. The molecule has 53 valence electrons. The zero-order chi connectivity index (χ0) is 6.53. The van der Waals surface area contributed by atoms with Crippen LogP contribution < -0.4 is 0 Å². The highest BCUT2D eigenvalue weighted by Gasteiger charge is 2.11. The number of rotatable bonds is 2. The van der Waals surface area contributed by atoms with Crippen molar-refractivity contribution in [1.29, 1.82) is 0 Å². The molecule has 1 radical (unpaired) electrons. The van der Waals surface area contributed by atoms with E-state index in [-0.39, 0.29) is 0 Å². The molecule has 0 N–H and O–H groups in total. The van der Waals surface area contributed by atoms with Crippen molar-refractivity contribution in [3.63, 3.8) is 0 Å². The molecule has 0 aliphatic heterocycles. The predicted octanol–water partition coefficient (Wildman–Crippen LogP) is 3.33. The van der Waals surface area contributed by atoms with Crippen molar-refractivity contribution < 1.29 is 0 Å². The summed E-state index contributed by atoms with van der Waals surface area (Å²) in [6.45, 7) is 2.28. The molecule has 0 aromatic rings. The van der Waals surface area contributed by atoms with Crippen LogP contribution in [-0.2, 0) is 0 Å². The normalized spacial score (nSPS) is 22.3. The molecule has 1 saturated carbocycles. The van der Waals surface area contributed by atoms with E-state index in [0.717, 1.165) is 0 Å². The van der Waals surface area contributed by atoms with Gasteiger partial charge in [0.1, 0.15) is 0 Å².